The fourth-order valence-electron chi connectivity index (χ4n) is 2.11. The number of hydrogen-bond acceptors (Lipinski definition) is 4. The molecule has 7 heteroatoms. The molecule has 1 saturated heterocycles. The molecular formula is C12H21N3O4. The SMILES string of the molecule is CC(C)C1C(=O)N(C)CCN1C(=O)COCC(N)=O. The van der Waals surface area contributed by atoms with Crippen LogP contribution in [0.25, 0.3) is 0 Å². The van der Waals surface area contributed by atoms with Crippen LogP contribution in [0.3, 0.4) is 0 Å². The van der Waals surface area contributed by atoms with Crippen LogP contribution in [-0.2, 0) is 19.1 Å². The highest BCUT2D eigenvalue weighted by molar-refractivity contribution is 5.89. The number of likely N-dealkylation sites (N-methyl/N-ethyl adjacent to an activating group) is 1. The van der Waals surface area contributed by atoms with Crippen LogP contribution in [0.5, 0.6) is 0 Å². The highest BCUT2D eigenvalue weighted by Gasteiger charge is 2.37. The molecule has 1 aliphatic heterocycles. The van der Waals surface area contributed by atoms with Gasteiger partial charge in [-0.1, -0.05) is 13.8 Å². The minimum atomic E-state index is -0.623. The molecule has 3 amide bonds. The Labute approximate surface area is 112 Å². The molecule has 0 saturated carbocycles. The molecule has 0 radical (unpaired) electrons. The van der Waals surface area contributed by atoms with Crippen LogP contribution in [0.4, 0.5) is 0 Å². The summed E-state index contributed by atoms with van der Waals surface area (Å²) in [6, 6.07) is -0.469. The second-order valence-electron chi connectivity index (χ2n) is 4.99. The van der Waals surface area contributed by atoms with Crippen LogP contribution in [0.15, 0.2) is 0 Å². The van der Waals surface area contributed by atoms with Crippen molar-refractivity contribution in [3.8, 4) is 0 Å². The Balaban J connectivity index is 2.65. The molecule has 1 aliphatic rings. The zero-order valence-electron chi connectivity index (χ0n) is 11.6. The standard InChI is InChI=1S/C12H21N3O4/c1-8(2)11-12(18)14(3)4-5-15(11)10(17)7-19-6-9(13)16/h8,11H,4-7H2,1-3H3,(H2,13,16). The van der Waals surface area contributed by atoms with Gasteiger partial charge in [0.05, 0.1) is 0 Å². The van der Waals surface area contributed by atoms with Crippen LogP contribution < -0.4 is 5.73 Å². The molecule has 1 heterocycles. The number of ether oxygens (including phenoxy) is 1. The zero-order valence-corrected chi connectivity index (χ0v) is 11.6. The number of hydrogen-bond donors (Lipinski definition) is 1. The minimum Gasteiger partial charge on any atom is -0.368 e. The number of carbonyl (C=O) groups is 3. The van der Waals surface area contributed by atoms with Crippen LogP contribution in [0.2, 0.25) is 0 Å². The van der Waals surface area contributed by atoms with Gasteiger partial charge in [0.1, 0.15) is 19.3 Å². The largest absolute Gasteiger partial charge is 0.368 e. The lowest BCUT2D eigenvalue weighted by atomic mass is 9.99. The van der Waals surface area contributed by atoms with Crippen LogP contribution in [0.1, 0.15) is 13.8 Å². The van der Waals surface area contributed by atoms with Crippen molar-refractivity contribution in [2.45, 2.75) is 19.9 Å². The first kappa shape index (κ1) is 15.4. The third-order valence-corrected chi connectivity index (χ3v) is 3.06. The van der Waals surface area contributed by atoms with E-state index in [1.807, 2.05) is 13.8 Å². The average Bonchev–Trinajstić information content (AvgIpc) is 2.31. The van der Waals surface area contributed by atoms with E-state index in [2.05, 4.69) is 0 Å². The molecule has 0 bridgehead atoms. The van der Waals surface area contributed by atoms with Crippen molar-refractivity contribution in [2.24, 2.45) is 11.7 Å². The molecule has 1 unspecified atom stereocenters. The summed E-state index contributed by atoms with van der Waals surface area (Å²) >= 11 is 0. The molecule has 0 aromatic carbocycles. The van der Waals surface area contributed by atoms with E-state index in [1.165, 1.54) is 4.90 Å². The third-order valence-electron chi connectivity index (χ3n) is 3.06. The molecule has 0 aromatic heterocycles. The number of piperazine rings is 1. The van der Waals surface area contributed by atoms with Crippen molar-refractivity contribution in [1.82, 2.24) is 9.80 Å². The fourth-order valence-corrected chi connectivity index (χ4v) is 2.11. The topological polar surface area (TPSA) is 92.9 Å². The Morgan fingerprint density at radius 3 is 2.53 bits per heavy atom. The van der Waals surface area contributed by atoms with Crippen molar-refractivity contribution in [3.63, 3.8) is 0 Å². The van der Waals surface area contributed by atoms with Gasteiger partial charge in [0, 0.05) is 20.1 Å². The highest BCUT2D eigenvalue weighted by atomic mass is 16.5. The van der Waals surface area contributed by atoms with E-state index in [-0.39, 0.29) is 30.9 Å². The van der Waals surface area contributed by atoms with Gasteiger partial charge in [-0.05, 0) is 5.92 Å². The maximum Gasteiger partial charge on any atom is 0.249 e. The molecule has 19 heavy (non-hydrogen) atoms. The van der Waals surface area contributed by atoms with Gasteiger partial charge in [-0.2, -0.15) is 0 Å². The molecule has 7 nitrogen and oxygen atoms in total. The third kappa shape index (κ3) is 3.92. The molecule has 1 fully saturated rings. The van der Waals surface area contributed by atoms with E-state index in [4.69, 9.17) is 10.5 Å². The Morgan fingerprint density at radius 1 is 1.37 bits per heavy atom. The van der Waals surface area contributed by atoms with Crippen molar-refractivity contribution < 1.29 is 19.1 Å². The number of primary amides is 1. The normalized spacial score (nSPS) is 20.0. The van der Waals surface area contributed by atoms with Gasteiger partial charge in [0.25, 0.3) is 0 Å². The Bertz CT molecular complexity index is 370. The van der Waals surface area contributed by atoms with Gasteiger partial charge in [-0.25, -0.2) is 0 Å². The predicted octanol–water partition coefficient (Wildman–Crippen LogP) is -1.19. The Hall–Kier alpha value is -1.63. The average molecular weight is 271 g/mol. The van der Waals surface area contributed by atoms with E-state index in [0.717, 1.165) is 0 Å². The summed E-state index contributed by atoms with van der Waals surface area (Å²) in [5, 5.41) is 0. The lowest BCUT2D eigenvalue weighted by molar-refractivity contribution is -0.155. The zero-order chi connectivity index (χ0) is 14.6. The second kappa shape index (κ2) is 6.51. The number of carbonyl (C=O) groups excluding carboxylic acids is 3. The van der Waals surface area contributed by atoms with Crippen molar-refractivity contribution in [2.75, 3.05) is 33.4 Å². The first-order valence-corrected chi connectivity index (χ1v) is 6.25. The molecular weight excluding hydrogens is 250 g/mol. The smallest absolute Gasteiger partial charge is 0.249 e. The summed E-state index contributed by atoms with van der Waals surface area (Å²) in [4.78, 5) is 37.8. The monoisotopic (exact) mass is 271 g/mol. The number of nitrogens with zero attached hydrogens (tertiary/aromatic N) is 2. The van der Waals surface area contributed by atoms with E-state index in [0.29, 0.717) is 13.1 Å². The maximum absolute atomic E-state index is 12.1. The lowest BCUT2D eigenvalue weighted by Crippen LogP contribution is -2.60. The number of nitrogens with two attached hydrogens (primary N) is 1. The predicted molar refractivity (Wildman–Crippen MR) is 68.0 cm³/mol. The lowest BCUT2D eigenvalue weighted by Gasteiger charge is -2.41. The molecule has 2 N–H and O–H groups in total. The van der Waals surface area contributed by atoms with Crippen molar-refractivity contribution >= 4 is 17.7 Å². The van der Waals surface area contributed by atoms with Gasteiger partial charge in [0.2, 0.25) is 17.7 Å². The quantitative estimate of drug-likeness (QED) is 0.680. The van der Waals surface area contributed by atoms with Gasteiger partial charge >= 0.3 is 0 Å². The molecule has 108 valence electrons. The summed E-state index contributed by atoms with van der Waals surface area (Å²) in [5.41, 5.74) is 4.92. The first-order chi connectivity index (χ1) is 8.84. The van der Waals surface area contributed by atoms with Crippen molar-refractivity contribution in [1.29, 1.82) is 0 Å². The van der Waals surface area contributed by atoms with Gasteiger partial charge < -0.3 is 20.3 Å². The molecule has 1 rings (SSSR count). The summed E-state index contributed by atoms with van der Waals surface area (Å²) in [7, 11) is 1.73. The second-order valence-corrected chi connectivity index (χ2v) is 4.99. The van der Waals surface area contributed by atoms with Crippen molar-refractivity contribution in [3.05, 3.63) is 0 Å². The van der Waals surface area contributed by atoms with Gasteiger partial charge in [-0.15, -0.1) is 0 Å². The van der Waals surface area contributed by atoms with E-state index in [1.54, 1.807) is 11.9 Å². The Kier molecular flexibility index (Phi) is 5.29. The summed E-state index contributed by atoms with van der Waals surface area (Å²) < 4.78 is 4.91. The first-order valence-electron chi connectivity index (χ1n) is 6.25. The maximum atomic E-state index is 12.1. The number of rotatable bonds is 5. The van der Waals surface area contributed by atoms with Crippen LogP contribution in [-0.4, -0.2) is 66.9 Å². The number of amides is 3. The van der Waals surface area contributed by atoms with Gasteiger partial charge in [-0.3, -0.25) is 14.4 Å². The summed E-state index contributed by atoms with van der Waals surface area (Å²) in [6.45, 7) is 4.24. The fraction of sp³-hybridized carbons (Fsp3) is 0.750. The van der Waals surface area contributed by atoms with Gasteiger partial charge in [0.15, 0.2) is 0 Å². The van der Waals surface area contributed by atoms with E-state index >= 15 is 0 Å². The molecule has 0 aliphatic carbocycles. The minimum absolute atomic E-state index is 0.0235. The van der Waals surface area contributed by atoms with Crippen LogP contribution in [0, 0.1) is 5.92 Å². The summed E-state index contributed by atoms with van der Waals surface area (Å²) in [6.07, 6.45) is 0. The highest BCUT2D eigenvalue weighted by Crippen LogP contribution is 2.18. The summed E-state index contributed by atoms with van der Waals surface area (Å²) in [5.74, 6) is -0.955. The van der Waals surface area contributed by atoms with Crippen LogP contribution >= 0.6 is 0 Å². The Morgan fingerprint density at radius 2 is 2.00 bits per heavy atom. The molecule has 1 atom stereocenters. The molecule has 0 spiro atoms. The molecule has 0 aromatic rings. The van der Waals surface area contributed by atoms with E-state index in [9.17, 15) is 14.4 Å². The van der Waals surface area contributed by atoms with E-state index < -0.39 is 11.9 Å².